The summed E-state index contributed by atoms with van der Waals surface area (Å²) >= 11 is 6.07. The van der Waals surface area contributed by atoms with Crippen LogP contribution in [0.3, 0.4) is 0 Å². The van der Waals surface area contributed by atoms with E-state index in [1.165, 1.54) is 0 Å². The summed E-state index contributed by atoms with van der Waals surface area (Å²) in [5.74, 6) is 0.657. The van der Waals surface area contributed by atoms with Crippen molar-refractivity contribution < 1.29 is 9.53 Å². The summed E-state index contributed by atoms with van der Waals surface area (Å²) in [6, 6.07) is 5.80. The molecule has 0 saturated carbocycles. The number of amides is 1. The summed E-state index contributed by atoms with van der Waals surface area (Å²) in [7, 11) is 1.73. The molecule has 3 unspecified atom stereocenters. The first-order chi connectivity index (χ1) is 12.1. The van der Waals surface area contributed by atoms with Crippen LogP contribution in [0.25, 0.3) is 0 Å². The summed E-state index contributed by atoms with van der Waals surface area (Å²) < 4.78 is 5.84. The van der Waals surface area contributed by atoms with Gasteiger partial charge >= 0.3 is 0 Å². The summed E-state index contributed by atoms with van der Waals surface area (Å²) in [4.78, 5) is 16.4. The predicted octanol–water partition coefficient (Wildman–Crippen LogP) is 3.08. The number of benzene rings is 1. The number of rotatable bonds is 5. The van der Waals surface area contributed by atoms with E-state index < -0.39 is 0 Å². The average molecular weight is 493 g/mol. The quantitative estimate of drug-likeness (QED) is 0.335. The van der Waals surface area contributed by atoms with Gasteiger partial charge in [-0.25, -0.2) is 0 Å². The maximum absolute atomic E-state index is 12.1. The fourth-order valence-corrected chi connectivity index (χ4v) is 3.58. The highest BCUT2D eigenvalue weighted by Crippen LogP contribution is 2.34. The standard InChI is InChI=1S/C18H25ClN4O2.HI/c1-11-13(19)4-3-5-14(11)22-17(24)8-9-21-18(20-2)23-15-10-12-6-7-16(15)25-12;/h3-5,12,15-16H,6-10H2,1-2H3,(H,22,24)(H2,20,21,23);1H. The first-order valence-corrected chi connectivity index (χ1v) is 9.12. The number of fused-ring (bicyclic) bond motifs is 2. The number of carbonyl (C=O) groups excluding carboxylic acids is 1. The van der Waals surface area contributed by atoms with Gasteiger partial charge in [-0.3, -0.25) is 9.79 Å². The molecular weight excluding hydrogens is 467 g/mol. The molecule has 0 aliphatic carbocycles. The molecule has 1 amide bonds. The molecule has 2 bridgehead atoms. The number of nitrogens with one attached hydrogen (secondary N) is 3. The van der Waals surface area contributed by atoms with Crippen LogP contribution < -0.4 is 16.0 Å². The zero-order valence-electron chi connectivity index (χ0n) is 15.0. The molecule has 2 aliphatic rings. The topological polar surface area (TPSA) is 74.8 Å². The lowest BCUT2D eigenvalue weighted by Crippen LogP contribution is -2.47. The number of nitrogens with zero attached hydrogens (tertiary/aromatic N) is 1. The Labute approximate surface area is 176 Å². The number of anilines is 1. The van der Waals surface area contributed by atoms with Crippen LogP contribution in [0.4, 0.5) is 5.69 Å². The largest absolute Gasteiger partial charge is 0.373 e. The fraction of sp³-hybridized carbons (Fsp3) is 0.556. The normalized spacial score (nSPS) is 24.1. The van der Waals surface area contributed by atoms with Gasteiger partial charge in [-0.2, -0.15) is 0 Å². The van der Waals surface area contributed by atoms with E-state index in [1.54, 1.807) is 7.05 Å². The third-order valence-electron chi connectivity index (χ3n) is 4.84. The van der Waals surface area contributed by atoms with Gasteiger partial charge in [0.15, 0.2) is 5.96 Å². The van der Waals surface area contributed by atoms with Crippen molar-refractivity contribution in [2.45, 2.75) is 50.9 Å². The highest BCUT2D eigenvalue weighted by molar-refractivity contribution is 14.0. The molecule has 1 aromatic carbocycles. The second kappa shape index (κ2) is 9.75. The second-order valence-electron chi connectivity index (χ2n) is 6.57. The number of carbonyl (C=O) groups is 1. The lowest BCUT2D eigenvalue weighted by Gasteiger charge is -2.22. The average Bonchev–Trinajstić information content (AvgIpc) is 3.21. The Morgan fingerprint density at radius 3 is 2.85 bits per heavy atom. The first kappa shape index (κ1) is 21.2. The third-order valence-corrected chi connectivity index (χ3v) is 5.25. The zero-order valence-corrected chi connectivity index (χ0v) is 18.1. The van der Waals surface area contributed by atoms with E-state index in [2.05, 4.69) is 20.9 Å². The molecule has 8 heteroatoms. The van der Waals surface area contributed by atoms with Crippen molar-refractivity contribution in [1.29, 1.82) is 0 Å². The van der Waals surface area contributed by atoms with E-state index in [1.807, 2.05) is 25.1 Å². The number of halogens is 2. The van der Waals surface area contributed by atoms with E-state index in [0.717, 1.165) is 30.5 Å². The molecule has 2 heterocycles. The van der Waals surface area contributed by atoms with Gasteiger partial charge in [0, 0.05) is 30.7 Å². The van der Waals surface area contributed by atoms with Crippen LogP contribution in [0.1, 0.15) is 31.2 Å². The lowest BCUT2D eigenvalue weighted by molar-refractivity contribution is -0.116. The first-order valence-electron chi connectivity index (χ1n) is 8.74. The Morgan fingerprint density at radius 1 is 1.38 bits per heavy atom. The van der Waals surface area contributed by atoms with Crippen molar-refractivity contribution in [3.63, 3.8) is 0 Å². The van der Waals surface area contributed by atoms with E-state index >= 15 is 0 Å². The van der Waals surface area contributed by atoms with Crippen LogP contribution in [0.15, 0.2) is 23.2 Å². The highest BCUT2D eigenvalue weighted by Gasteiger charge is 2.41. The summed E-state index contributed by atoms with van der Waals surface area (Å²) in [5, 5.41) is 10.1. The fourth-order valence-electron chi connectivity index (χ4n) is 3.41. The summed E-state index contributed by atoms with van der Waals surface area (Å²) in [5.41, 5.74) is 1.62. The van der Waals surface area contributed by atoms with Crippen molar-refractivity contribution in [2.75, 3.05) is 18.9 Å². The van der Waals surface area contributed by atoms with Gasteiger partial charge in [-0.05, 0) is 43.9 Å². The van der Waals surface area contributed by atoms with Gasteiger partial charge in [0.05, 0.1) is 18.2 Å². The Kier molecular flexibility index (Phi) is 7.97. The van der Waals surface area contributed by atoms with Crippen LogP contribution in [0.2, 0.25) is 5.02 Å². The lowest BCUT2D eigenvalue weighted by atomic mass is 9.96. The molecule has 2 fully saturated rings. The molecule has 2 aliphatic heterocycles. The Morgan fingerprint density at radius 2 is 2.19 bits per heavy atom. The third kappa shape index (κ3) is 5.23. The molecule has 144 valence electrons. The van der Waals surface area contributed by atoms with E-state index in [-0.39, 0.29) is 36.0 Å². The maximum Gasteiger partial charge on any atom is 0.226 e. The van der Waals surface area contributed by atoms with Gasteiger partial charge in [-0.15, -0.1) is 24.0 Å². The molecule has 26 heavy (non-hydrogen) atoms. The molecule has 0 aromatic heterocycles. The highest BCUT2D eigenvalue weighted by atomic mass is 127. The molecule has 0 radical (unpaired) electrons. The Hall–Kier alpha value is -1.06. The van der Waals surface area contributed by atoms with Crippen molar-refractivity contribution in [2.24, 2.45) is 4.99 Å². The number of hydrogen-bond donors (Lipinski definition) is 3. The molecule has 1 aromatic rings. The molecule has 3 N–H and O–H groups in total. The van der Waals surface area contributed by atoms with E-state index in [9.17, 15) is 4.79 Å². The zero-order chi connectivity index (χ0) is 17.8. The van der Waals surface area contributed by atoms with Crippen LogP contribution in [0, 0.1) is 6.92 Å². The Balaban J connectivity index is 0.00000243. The van der Waals surface area contributed by atoms with Crippen molar-refractivity contribution in [3.05, 3.63) is 28.8 Å². The number of ether oxygens (including phenoxy) is 1. The van der Waals surface area contributed by atoms with E-state index in [0.29, 0.717) is 36.1 Å². The predicted molar refractivity (Wildman–Crippen MR) is 116 cm³/mol. The Bertz CT molecular complexity index is 671. The number of hydrogen-bond acceptors (Lipinski definition) is 3. The maximum atomic E-state index is 12.1. The van der Waals surface area contributed by atoms with Gasteiger partial charge in [0.2, 0.25) is 5.91 Å². The minimum Gasteiger partial charge on any atom is -0.373 e. The van der Waals surface area contributed by atoms with Crippen LogP contribution in [-0.2, 0) is 9.53 Å². The number of aliphatic imine (C=N–C) groups is 1. The van der Waals surface area contributed by atoms with E-state index in [4.69, 9.17) is 16.3 Å². The molecule has 6 nitrogen and oxygen atoms in total. The number of guanidine groups is 1. The summed E-state index contributed by atoms with van der Waals surface area (Å²) in [6.07, 6.45) is 4.34. The smallest absolute Gasteiger partial charge is 0.226 e. The van der Waals surface area contributed by atoms with Crippen molar-refractivity contribution >= 4 is 53.1 Å². The molecule has 3 rings (SSSR count). The van der Waals surface area contributed by atoms with Crippen LogP contribution in [-0.4, -0.2) is 43.7 Å². The molecular formula is C18H26ClIN4O2. The van der Waals surface area contributed by atoms with Gasteiger partial charge in [-0.1, -0.05) is 17.7 Å². The monoisotopic (exact) mass is 492 g/mol. The van der Waals surface area contributed by atoms with Crippen molar-refractivity contribution in [1.82, 2.24) is 10.6 Å². The van der Waals surface area contributed by atoms with Crippen LogP contribution in [0.5, 0.6) is 0 Å². The van der Waals surface area contributed by atoms with Crippen LogP contribution >= 0.6 is 35.6 Å². The van der Waals surface area contributed by atoms with Gasteiger partial charge in [0.25, 0.3) is 0 Å². The van der Waals surface area contributed by atoms with Gasteiger partial charge < -0.3 is 20.7 Å². The van der Waals surface area contributed by atoms with Crippen molar-refractivity contribution in [3.8, 4) is 0 Å². The summed E-state index contributed by atoms with van der Waals surface area (Å²) in [6.45, 7) is 2.39. The van der Waals surface area contributed by atoms with Gasteiger partial charge in [0.1, 0.15) is 0 Å². The second-order valence-corrected chi connectivity index (χ2v) is 6.98. The molecule has 0 spiro atoms. The minimum atomic E-state index is -0.0587. The molecule has 3 atom stereocenters. The SMILES string of the molecule is CN=C(NCCC(=O)Nc1cccc(Cl)c1C)NC1CC2CCC1O2.I. The minimum absolute atomic E-state index is 0. The molecule has 2 saturated heterocycles.